The van der Waals surface area contributed by atoms with Crippen LogP contribution in [-0.2, 0) is 5.41 Å². The molecule has 2 heterocycles. The molecule has 1 aliphatic rings. The van der Waals surface area contributed by atoms with E-state index in [4.69, 9.17) is 0 Å². The maximum atomic E-state index is 9.50. The zero-order chi connectivity index (χ0) is 11.2. The lowest BCUT2D eigenvalue weighted by molar-refractivity contribution is 0.112. The van der Waals surface area contributed by atoms with Gasteiger partial charge in [0.05, 0.1) is 12.0 Å². The Bertz CT molecular complexity index is 523. The van der Waals surface area contributed by atoms with Crippen LogP contribution in [0.3, 0.4) is 0 Å². The van der Waals surface area contributed by atoms with Crippen molar-refractivity contribution >= 4 is 5.65 Å². The molecule has 0 atom stereocenters. The molecule has 1 aliphatic carbocycles. The van der Waals surface area contributed by atoms with E-state index >= 15 is 0 Å². The molecule has 2 aromatic heterocycles. The van der Waals surface area contributed by atoms with Gasteiger partial charge in [-0.2, -0.15) is 5.10 Å². The second-order valence-electron chi connectivity index (χ2n) is 4.66. The van der Waals surface area contributed by atoms with E-state index in [1.165, 1.54) is 0 Å². The zero-order valence-electron chi connectivity index (χ0n) is 9.35. The smallest absolute Gasteiger partial charge is 0.160 e. The summed E-state index contributed by atoms with van der Waals surface area (Å²) in [5, 5.41) is 14.0. The van der Waals surface area contributed by atoms with Crippen LogP contribution in [-0.4, -0.2) is 26.3 Å². The minimum Gasteiger partial charge on any atom is -0.395 e. The summed E-state index contributed by atoms with van der Waals surface area (Å²) < 4.78 is 1.85. The highest BCUT2D eigenvalue weighted by molar-refractivity contribution is 5.40. The van der Waals surface area contributed by atoms with E-state index in [1.807, 2.05) is 29.6 Å². The van der Waals surface area contributed by atoms with Gasteiger partial charge in [-0.1, -0.05) is 12.5 Å². The molecule has 4 heteroatoms. The van der Waals surface area contributed by atoms with Gasteiger partial charge in [0.1, 0.15) is 0 Å². The maximum absolute atomic E-state index is 9.50. The Morgan fingerprint density at radius 1 is 1.44 bits per heavy atom. The van der Waals surface area contributed by atoms with E-state index in [2.05, 4.69) is 10.1 Å². The minimum atomic E-state index is -0.168. The fourth-order valence-corrected chi connectivity index (χ4v) is 2.32. The summed E-state index contributed by atoms with van der Waals surface area (Å²) >= 11 is 0. The van der Waals surface area contributed by atoms with Crippen LogP contribution in [0.2, 0.25) is 0 Å². The molecular weight excluding hydrogens is 202 g/mol. The highest BCUT2D eigenvalue weighted by atomic mass is 16.3. The molecule has 16 heavy (non-hydrogen) atoms. The second-order valence-corrected chi connectivity index (χ2v) is 4.66. The van der Waals surface area contributed by atoms with Gasteiger partial charge in [-0.3, -0.25) is 0 Å². The number of pyridine rings is 1. The molecule has 1 N–H and O–H groups in total. The summed E-state index contributed by atoms with van der Waals surface area (Å²) in [4.78, 5) is 4.53. The van der Waals surface area contributed by atoms with Gasteiger partial charge in [-0.25, -0.2) is 9.50 Å². The van der Waals surface area contributed by atoms with Crippen molar-refractivity contribution in [2.45, 2.75) is 31.6 Å². The Balaban J connectivity index is 2.15. The van der Waals surface area contributed by atoms with Crippen LogP contribution in [0.5, 0.6) is 0 Å². The molecule has 0 amide bonds. The molecule has 0 bridgehead atoms. The van der Waals surface area contributed by atoms with E-state index in [0.29, 0.717) is 0 Å². The van der Waals surface area contributed by atoms with Crippen LogP contribution in [0.25, 0.3) is 5.65 Å². The average Bonchev–Trinajstić information content (AvgIpc) is 2.62. The van der Waals surface area contributed by atoms with E-state index in [0.717, 1.165) is 36.4 Å². The van der Waals surface area contributed by atoms with Crippen molar-refractivity contribution in [2.24, 2.45) is 0 Å². The lowest BCUT2D eigenvalue weighted by Gasteiger charge is -2.37. The molecule has 0 spiro atoms. The Morgan fingerprint density at radius 2 is 2.25 bits per heavy atom. The van der Waals surface area contributed by atoms with Crippen molar-refractivity contribution in [1.29, 1.82) is 0 Å². The van der Waals surface area contributed by atoms with Crippen LogP contribution in [0, 0.1) is 6.92 Å². The Morgan fingerprint density at radius 3 is 2.81 bits per heavy atom. The molecular formula is C12H15N3O. The van der Waals surface area contributed by atoms with Gasteiger partial charge in [0, 0.05) is 5.69 Å². The van der Waals surface area contributed by atoms with E-state index in [9.17, 15) is 5.11 Å². The summed E-state index contributed by atoms with van der Waals surface area (Å²) in [5.74, 6) is 0.801. The molecule has 1 fully saturated rings. The molecule has 0 radical (unpaired) electrons. The Hall–Kier alpha value is -1.42. The first-order chi connectivity index (χ1) is 7.75. The first kappa shape index (κ1) is 9.78. The summed E-state index contributed by atoms with van der Waals surface area (Å²) in [6.45, 7) is 2.17. The Kier molecular flexibility index (Phi) is 2.01. The van der Waals surface area contributed by atoms with Crippen LogP contribution in [0.4, 0.5) is 0 Å². The minimum absolute atomic E-state index is 0.156. The summed E-state index contributed by atoms with van der Waals surface area (Å²) in [6.07, 6.45) is 3.16. The van der Waals surface area contributed by atoms with Gasteiger partial charge in [-0.15, -0.1) is 0 Å². The third kappa shape index (κ3) is 1.19. The molecule has 0 unspecified atom stereocenters. The fraction of sp³-hybridized carbons (Fsp3) is 0.500. The number of aliphatic hydroxyl groups is 1. The fourth-order valence-electron chi connectivity index (χ4n) is 2.32. The molecule has 84 valence electrons. The summed E-state index contributed by atoms with van der Waals surface area (Å²) in [6, 6.07) is 5.95. The van der Waals surface area contributed by atoms with Crippen molar-refractivity contribution in [1.82, 2.24) is 14.6 Å². The highest BCUT2D eigenvalue weighted by Crippen LogP contribution is 2.41. The quantitative estimate of drug-likeness (QED) is 0.828. The van der Waals surface area contributed by atoms with Gasteiger partial charge in [0.15, 0.2) is 11.5 Å². The van der Waals surface area contributed by atoms with Gasteiger partial charge in [0.2, 0.25) is 0 Å². The number of rotatable bonds is 2. The largest absolute Gasteiger partial charge is 0.395 e. The van der Waals surface area contributed by atoms with Crippen molar-refractivity contribution in [3.63, 3.8) is 0 Å². The third-order valence-electron chi connectivity index (χ3n) is 3.64. The van der Waals surface area contributed by atoms with Crippen molar-refractivity contribution < 1.29 is 5.11 Å². The predicted octanol–water partition coefficient (Wildman–Crippen LogP) is 1.45. The topological polar surface area (TPSA) is 50.4 Å². The number of hydrogen-bond acceptors (Lipinski definition) is 3. The lowest BCUT2D eigenvalue weighted by Crippen LogP contribution is -2.39. The van der Waals surface area contributed by atoms with E-state index in [-0.39, 0.29) is 12.0 Å². The molecule has 0 aromatic carbocycles. The molecule has 3 rings (SSSR count). The molecule has 0 aliphatic heterocycles. The molecule has 2 aromatic rings. The molecule has 1 saturated carbocycles. The summed E-state index contributed by atoms with van der Waals surface area (Å²) in [5.41, 5.74) is 1.77. The number of hydrogen-bond donors (Lipinski definition) is 1. The average molecular weight is 217 g/mol. The predicted molar refractivity (Wildman–Crippen MR) is 60.3 cm³/mol. The van der Waals surface area contributed by atoms with Crippen LogP contribution in [0.15, 0.2) is 18.2 Å². The molecule has 4 nitrogen and oxygen atoms in total. The first-order valence-electron chi connectivity index (χ1n) is 5.69. The van der Waals surface area contributed by atoms with Gasteiger partial charge in [0.25, 0.3) is 0 Å². The number of aliphatic hydroxyl groups excluding tert-OH is 1. The second kappa shape index (κ2) is 3.28. The standard InChI is InChI=1S/C12H15N3O/c1-9-4-2-5-10-13-11(14-15(9)10)12(8-16)6-3-7-12/h2,4-5,16H,3,6-8H2,1H3. The SMILES string of the molecule is Cc1cccc2nc(C3(CO)CCC3)nn12. The van der Waals surface area contributed by atoms with Gasteiger partial charge < -0.3 is 5.11 Å². The van der Waals surface area contributed by atoms with Crippen LogP contribution in [0.1, 0.15) is 30.8 Å². The first-order valence-corrected chi connectivity index (χ1v) is 5.69. The van der Waals surface area contributed by atoms with Crippen molar-refractivity contribution in [3.05, 3.63) is 29.7 Å². The zero-order valence-corrected chi connectivity index (χ0v) is 9.35. The van der Waals surface area contributed by atoms with E-state index in [1.54, 1.807) is 0 Å². The molecule has 0 saturated heterocycles. The van der Waals surface area contributed by atoms with Crippen molar-refractivity contribution in [3.8, 4) is 0 Å². The number of aromatic nitrogens is 3. The number of fused-ring (bicyclic) bond motifs is 1. The number of nitrogens with zero attached hydrogens (tertiary/aromatic N) is 3. The lowest BCUT2D eigenvalue weighted by atomic mass is 9.69. The van der Waals surface area contributed by atoms with Crippen LogP contribution >= 0.6 is 0 Å². The maximum Gasteiger partial charge on any atom is 0.160 e. The van der Waals surface area contributed by atoms with Crippen molar-refractivity contribution in [2.75, 3.05) is 6.61 Å². The van der Waals surface area contributed by atoms with Gasteiger partial charge >= 0.3 is 0 Å². The number of aryl methyl sites for hydroxylation is 1. The van der Waals surface area contributed by atoms with E-state index < -0.39 is 0 Å². The monoisotopic (exact) mass is 217 g/mol. The van der Waals surface area contributed by atoms with Crippen LogP contribution < -0.4 is 0 Å². The third-order valence-corrected chi connectivity index (χ3v) is 3.64. The highest BCUT2D eigenvalue weighted by Gasteiger charge is 2.41. The van der Waals surface area contributed by atoms with Gasteiger partial charge in [-0.05, 0) is 31.9 Å². The normalized spacial score (nSPS) is 18.6. The Labute approximate surface area is 93.9 Å². The summed E-state index contributed by atoms with van der Waals surface area (Å²) in [7, 11) is 0.